The molecule has 3 rings (SSSR count). The van der Waals surface area contributed by atoms with Gasteiger partial charge in [0.2, 0.25) is 5.13 Å². The molecule has 2 fully saturated rings. The topological polar surface area (TPSA) is 49.2 Å². The van der Waals surface area contributed by atoms with Gasteiger partial charge in [-0.3, -0.25) is 0 Å². The van der Waals surface area contributed by atoms with Gasteiger partial charge in [-0.1, -0.05) is 12.8 Å². The maximum atomic E-state index is 10.4. The van der Waals surface area contributed by atoms with Crippen LogP contribution >= 0.6 is 11.5 Å². The van der Waals surface area contributed by atoms with Gasteiger partial charge < -0.3 is 10.0 Å². The van der Waals surface area contributed by atoms with Crippen molar-refractivity contribution in [2.75, 3.05) is 18.5 Å². The lowest BCUT2D eigenvalue weighted by atomic mass is 10.0. The molecule has 0 amide bonds. The lowest BCUT2D eigenvalue weighted by molar-refractivity contribution is 0.0559. The second-order valence-corrected chi connectivity index (χ2v) is 6.23. The molecule has 1 heterocycles. The number of anilines is 1. The zero-order valence-electron chi connectivity index (χ0n) is 10.2. The summed E-state index contributed by atoms with van der Waals surface area (Å²) in [7, 11) is 2.01. The predicted molar refractivity (Wildman–Crippen MR) is 68.6 cm³/mol. The second kappa shape index (κ2) is 4.21. The van der Waals surface area contributed by atoms with Crippen LogP contribution in [0, 0.1) is 0 Å². The van der Waals surface area contributed by atoms with Gasteiger partial charge in [-0.2, -0.15) is 4.37 Å². The largest absolute Gasteiger partial charge is 0.388 e. The average molecular weight is 253 g/mol. The fourth-order valence-electron chi connectivity index (χ4n) is 2.59. The first-order valence-corrected chi connectivity index (χ1v) is 7.21. The first-order chi connectivity index (χ1) is 8.16. The Morgan fingerprint density at radius 1 is 1.41 bits per heavy atom. The number of aliphatic hydroxyl groups is 1. The molecule has 1 aromatic heterocycles. The second-order valence-electron chi connectivity index (χ2n) is 5.50. The monoisotopic (exact) mass is 253 g/mol. The van der Waals surface area contributed by atoms with E-state index in [1.807, 2.05) is 7.05 Å². The Bertz CT molecular complexity index is 396. The molecule has 2 aliphatic carbocycles. The molecule has 94 valence electrons. The molecular weight excluding hydrogens is 234 g/mol. The molecule has 1 aromatic rings. The first-order valence-electron chi connectivity index (χ1n) is 6.43. The Balaban J connectivity index is 1.65. The van der Waals surface area contributed by atoms with E-state index >= 15 is 0 Å². The molecule has 5 heteroatoms. The quantitative estimate of drug-likeness (QED) is 0.893. The molecular formula is C12H19N3OS. The highest BCUT2D eigenvalue weighted by Crippen LogP contribution is 2.40. The minimum Gasteiger partial charge on any atom is -0.388 e. The molecule has 4 nitrogen and oxygen atoms in total. The molecule has 0 aromatic carbocycles. The van der Waals surface area contributed by atoms with E-state index in [-0.39, 0.29) is 0 Å². The number of rotatable bonds is 4. The summed E-state index contributed by atoms with van der Waals surface area (Å²) >= 11 is 1.46. The van der Waals surface area contributed by atoms with E-state index in [0.29, 0.717) is 12.5 Å². The maximum Gasteiger partial charge on any atom is 0.205 e. The molecule has 0 aliphatic heterocycles. The van der Waals surface area contributed by atoms with E-state index in [1.54, 1.807) is 0 Å². The summed E-state index contributed by atoms with van der Waals surface area (Å²) in [6.07, 6.45) is 6.62. The van der Waals surface area contributed by atoms with Crippen LogP contribution in [0.5, 0.6) is 0 Å². The molecule has 17 heavy (non-hydrogen) atoms. The van der Waals surface area contributed by atoms with Crippen LogP contribution < -0.4 is 4.90 Å². The van der Waals surface area contributed by atoms with Crippen LogP contribution in [0.3, 0.4) is 0 Å². The zero-order valence-corrected chi connectivity index (χ0v) is 11.0. The lowest BCUT2D eigenvalue weighted by Gasteiger charge is -2.27. The van der Waals surface area contributed by atoms with Crippen LogP contribution in [-0.4, -0.2) is 33.7 Å². The van der Waals surface area contributed by atoms with Gasteiger partial charge in [0.15, 0.2) is 0 Å². The van der Waals surface area contributed by atoms with Crippen molar-refractivity contribution in [3.8, 4) is 0 Å². The third-order valence-electron chi connectivity index (χ3n) is 3.77. The van der Waals surface area contributed by atoms with Crippen molar-refractivity contribution < 1.29 is 5.11 Å². The number of nitrogens with zero attached hydrogens (tertiary/aromatic N) is 3. The van der Waals surface area contributed by atoms with Crippen LogP contribution in [0.25, 0.3) is 0 Å². The fraction of sp³-hybridized carbons (Fsp3) is 0.833. The van der Waals surface area contributed by atoms with Gasteiger partial charge in [0.25, 0.3) is 0 Å². The van der Waals surface area contributed by atoms with Gasteiger partial charge >= 0.3 is 0 Å². The normalized spacial score (nSPS) is 22.9. The van der Waals surface area contributed by atoms with Gasteiger partial charge in [0.05, 0.1) is 5.60 Å². The zero-order chi connectivity index (χ0) is 11.9. The minimum atomic E-state index is -0.500. The van der Waals surface area contributed by atoms with Crippen LogP contribution in [0.2, 0.25) is 0 Å². The first kappa shape index (κ1) is 11.4. The Hall–Kier alpha value is -0.680. The van der Waals surface area contributed by atoms with Gasteiger partial charge in [0.1, 0.15) is 5.82 Å². The highest BCUT2D eigenvalue weighted by Gasteiger charge is 2.33. The number of likely N-dealkylation sites (N-methyl/N-ethyl adjacent to an activating group) is 1. The number of hydrogen-bond acceptors (Lipinski definition) is 5. The van der Waals surface area contributed by atoms with Crippen molar-refractivity contribution in [2.45, 2.75) is 50.0 Å². The van der Waals surface area contributed by atoms with E-state index in [2.05, 4.69) is 14.3 Å². The number of aromatic nitrogens is 2. The van der Waals surface area contributed by atoms with Gasteiger partial charge in [-0.25, -0.2) is 4.98 Å². The summed E-state index contributed by atoms with van der Waals surface area (Å²) in [5, 5.41) is 11.3. The summed E-state index contributed by atoms with van der Waals surface area (Å²) in [4.78, 5) is 6.63. The van der Waals surface area contributed by atoms with Crippen LogP contribution in [0.15, 0.2) is 0 Å². The number of hydrogen-bond donors (Lipinski definition) is 1. The standard InChI is InChI=1S/C12H19N3OS/c1-15(8-12(16)6-2-3-7-12)11-13-10(14-17-11)9-4-5-9/h9,16H,2-8H2,1H3. The molecule has 2 saturated carbocycles. The Morgan fingerprint density at radius 2 is 2.12 bits per heavy atom. The SMILES string of the molecule is CN(CC1(O)CCCC1)c1nc(C2CC2)ns1. The third-order valence-corrected chi connectivity index (χ3v) is 4.61. The Labute approximate surface area is 106 Å². The van der Waals surface area contributed by atoms with E-state index in [4.69, 9.17) is 0 Å². The van der Waals surface area contributed by atoms with Crippen molar-refractivity contribution >= 4 is 16.7 Å². The Kier molecular flexibility index (Phi) is 2.83. The smallest absolute Gasteiger partial charge is 0.205 e. The molecule has 0 bridgehead atoms. The van der Waals surface area contributed by atoms with Crippen molar-refractivity contribution in [1.82, 2.24) is 9.36 Å². The van der Waals surface area contributed by atoms with Crippen LogP contribution in [0.4, 0.5) is 5.13 Å². The van der Waals surface area contributed by atoms with E-state index < -0.39 is 5.60 Å². The summed E-state index contributed by atoms with van der Waals surface area (Å²) < 4.78 is 4.40. The molecule has 0 radical (unpaired) electrons. The molecule has 1 N–H and O–H groups in total. The van der Waals surface area contributed by atoms with Crippen LogP contribution in [0.1, 0.15) is 50.3 Å². The average Bonchev–Trinajstić information content (AvgIpc) is 2.87. The van der Waals surface area contributed by atoms with E-state index in [1.165, 1.54) is 24.4 Å². The third kappa shape index (κ3) is 2.45. The van der Waals surface area contributed by atoms with Crippen molar-refractivity contribution in [1.29, 1.82) is 0 Å². The molecule has 0 unspecified atom stereocenters. The van der Waals surface area contributed by atoms with Gasteiger partial charge in [-0.05, 0) is 25.7 Å². The molecule has 0 saturated heterocycles. The van der Waals surface area contributed by atoms with Crippen LogP contribution in [-0.2, 0) is 0 Å². The van der Waals surface area contributed by atoms with E-state index in [9.17, 15) is 5.11 Å². The lowest BCUT2D eigenvalue weighted by Crippen LogP contribution is -2.39. The maximum absolute atomic E-state index is 10.4. The highest BCUT2D eigenvalue weighted by atomic mass is 32.1. The molecule has 0 spiro atoms. The summed E-state index contributed by atoms with van der Waals surface area (Å²) in [6, 6.07) is 0. The van der Waals surface area contributed by atoms with Crippen molar-refractivity contribution in [3.05, 3.63) is 5.82 Å². The fourth-order valence-corrected chi connectivity index (χ4v) is 3.29. The van der Waals surface area contributed by atoms with Crippen molar-refractivity contribution in [2.24, 2.45) is 0 Å². The van der Waals surface area contributed by atoms with Crippen molar-refractivity contribution in [3.63, 3.8) is 0 Å². The summed E-state index contributed by atoms with van der Waals surface area (Å²) in [5.74, 6) is 1.62. The Morgan fingerprint density at radius 3 is 2.76 bits per heavy atom. The highest BCUT2D eigenvalue weighted by molar-refractivity contribution is 7.09. The molecule has 2 aliphatic rings. The summed E-state index contributed by atoms with van der Waals surface area (Å²) in [5.41, 5.74) is -0.500. The summed E-state index contributed by atoms with van der Waals surface area (Å²) in [6.45, 7) is 0.687. The predicted octanol–water partition coefficient (Wildman–Crippen LogP) is 2.16. The van der Waals surface area contributed by atoms with E-state index in [0.717, 1.165) is 36.6 Å². The molecule has 0 atom stereocenters. The minimum absolute atomic E-state index is 0.500. The van der Waals surface area contributed by atoms with Gasteiger partial charge in [0, 0.05) is 31.0 Å². The van der Waals surface area contributed by atoms with Gasteiger partial charge in [-0.15, -0.1) is 0 Å².